The molecule has 0 aliphatic heterocycles. The van der Waals surface area contributed by atoms with Gasteiger partial charge in [-0.05, 0) is 30.4 Å². The quantitative estimate of drug-likeness (QED) is 0.563. The predicted octanol–water partition coefficient (Wildman–Crippen LogP) is 2.74. The van der Waals surface area contributed by atoms with Crippen LogP contribution in [0.5, 0.6) is 0 Å². The molecule has 20 heavy (non-hydrogen) atoms. The third kappa shape index (κ3) is 4.31. The number of H-pyrrole nitrogens is 1. The largest absolute Gasteiger partial charge is 0.399 e. The molecular weight excluding hydrogens is 272 g/mol. The molecule has 0 spiro atoms. The molecule has 0 bridgehead atoms. The average Bonchev–Trinajstić information content (AvgIpc) is 2.38. The van der Waals surface area contributed by atoms with Crippen molar-refractivity contribution >= 4 is 29.1 Å². The van der Waals surface area contributed by atoms with Gasteiger partial charge < -0.3 is 11.1 Å². The van der Waals surface area contributed by atoms with E-state index in [1.807, 2.05) is 12.1 Å². The number of hydrogen-bond acceptors (Lipinski definition) is 5. The minimum absolute atomic E-state index is 0.154. The van der Waals surface area contributed by atoms with Gasteiger partial charge in [-0.3, -0.25) is 9.78 Å². The second-order valence-corrected chi connectivity index (χ2v) is 5.49. The van der Waals surface area contributed by atoms with Crippen molar-refractivity contribution in [1.82, 2.24) is 9.97 Å². The normalized spacial score (nSPS) is 10.4. The second kappa shape index (κ2) is 7.00. The van der Waals surface area contributed by atoms with E-state index >= 15 is 0 Å². The van der Waals surface area contributed by atoms with E-state index in [0.29, 0.717) is 11.6 Å². The zero-order valence-corrected chi connectivity index (χ0v) is 12.2. The van der Waals surface area contributed by atoms with Crippen LogP contribution in [-0.2, 0) is 5.75 Å². The van der Waals surface area contributed by atoms with Gasteiger partial charge in [0.1, 0.15) is 0 Å². The van der Waals surface area contributed by atoms with Crippen LogP contribution in [0.4, 0.5) is 17.3 Å². The minimum Gasteiger partial charge on any atom is -0.399 e. The zero-order chi connectivity index (χ0) is 14.4. The molecule has 0 aliphatic rings. The summed E-state index contributed by atoms with van der Waals surface area (Å²) in [5.74, 6) is 2.24. The predicted molar refractivity (Wildman–Crippen MR) is 85.4 cm³/mol. The molecule has 5 nitrogen and oxygen atoms in total. The van der Waals surface area contributed by atoms with Gasteiger partial charge in [0.2, 0.25) is 5.95 Å². The van der Waals surface area contributed by atoms with E-state index in [-0.39, 0.29) is 5.56 Å². The molecule has 1 heterocycles. The summed E-state index contributed by atoms with van der Waals surface area (Å²) in [5.41, 5.74) is 7.80. The van der Waals surface area contributed by atoms with E-state index in [0.717, 1.165) is 29.3 Å². The molecular formula is C14H18N4OS. The van der Waals surface area contributed by atoms with Crippen LogP contribution in [0.2, 0.25) is 0 Å². The van der Waals surface area contributed by atoms with Crippen molar-refractivity contribution in [3.05, 3.63) is 46.4 Å². The lowest BCUT2D eigenvalue weighted by atomic mass is 10.3. The fourth-order valence-corrected chi connectivity index (χ4v) is 2.51. The van der Waals surface area contributed by atoms with Gasteiger partial charge >= 0.3 is 0 Å². The lowest BCUT2D eigenvalue weighted by Gasteiger charge is -2.07. The maximum atomic E-state index is 11.6. The van der Waals surface area contributed by atoms with Gasteiger partial charge in [-0.25, -0.2) is 4.98 Å². The maximum Gasteiger partial charge on any atom is 0.252 e. The van der Waals surface area contributed by atoms with Gasteiger partial charge in [-0.15, -0.1) is 0 Å². The van der Waals surface area contributed by atoms with Crippen LogP contribution >= 0.6 is 11.8 Å². The van der Waals surface area contributed by atoms with Crippen LogP contribution in [0.1, 0.15) is 19.0 Å². The number of nitrogens with two attached hydrogens (primary N) is 1. The van der Waals surface area contributed by atoms with Crippen LogP contribution in [0, 0.1) is 0 Å². The molecule has 0 radical (unpaired) electrons. The second-order valence-electron chi connectivity index (χ2n) is 4.39. The highest BCUT2D eigenvalue weighted by molar-refractivity contribution is 7.98. The molecule has 0 amide bonds. The van der Waals surface area contributed by atoms with Crippen molar-refractivity contribution in [3.8, 4) is 0 Å². The number of aromatic nitrogens is 2. The van der Waals surface area contributed by atoms with Crippen molar-refractivity contribution in [2.75, 3.05) is 16.8 Å². The number of nitrogens with zero attached hydrogens (tertiary/aromatic N) is 1. The Bertz CT molecular complexity index is 627. The van der Waals surface area contributed by atoms with Crippen LogP contribution in [0.3, 0.4) is 0 Å². The summed E-state index contributed by atoms with van der Waals surface area (Å²) in [6.45, 7) is 2.13. The summed E-state index contributed by atoms with van der Waals surface area (Å²) in [5, 5.41) is 3.06. The Morgan fingerprint density at radius 3 is 3.00 bits per heavy atom. The summed E-state index contributed by atoms with van der Waals surface area (Å²) >= 11 is 1.77. The highest BCUT2D eigenvalue weighted by Crippen LogP contribution is 2.16. The lowest BCUT2D eigenvalue weighted by Crippen LogP contribution is -2.11. The monoisotopic (exact) mass is 290 g/mol. The number of nitrogen functional groups attached to an aromatic ring is 1. The van der Waals surface area contributed by atoms with E-state index in [9.17, 15) is 4.79 Å². The smallest absolute Gasteiger partial charge is 0.252 e. The summed E-state index contributed by atoms with van der Waals surface area (Å²) in [7, 11) is 0. The Morgan fingerprint density at radius 1 is 1.40 bits per heavy atom. The van der Waals surface area contributed by atoms with Crippen LogP contribution in [0.25, 0.3) is 0 Å². The van der Waals surface area contributed by atoms with E-state index < -0.39 is 0 Å². The number of aromatic amines is 1. The molecule has 1 aromatic carbocycles. The van der Waals surface area contributed by atoms with Crippen LogP contribution in [0.15, 0.2) is 35.1 Å². The first kappa shape index (κ1) is 14.5. The van der Waals surface area contributed by atoms with Crippen LogP contribution < -0.4 is 16.6 Å². The molecule has 6 heteroatoms. The van der Waals surface area contributed by atoms with Gasteiger partial charge in [0.15, 0.2) is 0 Å². The number of benzene rings is 1. The molecule has 0 atom stereocenters. The van der Waals surface area contributed by atoms with E-state index in [1.54, 1.807) is 23.9 Å². The standard InChI is InChI=1S/C14H18N4OS/c1-2-6-20-9-12-8-13(19)18-14(17-12)16-11-5-3-4-10(15)7-11/h3-5,7-8H,2,6,9,15H2,1H3,(H2,16,17,18,19). The third-order valence-corrected chi connectivity index (χ3v) is 3.74. The Hall–Kier alpha value is -1.95. The molecule has 0 saturated carbocycles. The fourth-order valence-electron chi connectivity index (χ4n) is 1.72. The van der Waals surface area contributed by atoms with Crippen molar-refractivity contribution in [2.45, 2.75) is 19.1 Å². The molecule has 0 fully saturated rings. The highest BCUT2D eigenvalue weighted by atomic mass is 32.2. The van der Waals surface area contributed by atoms with E-state index in [1.165, 1.54) is 6.07 Å². The van der Waals surface area contributed by atoms with Crippen molar-refractivity contribution < 1.29 is 0 Å². The summed E-state index contributed by atoms with van der Waals surface area (Å²) in [6, 6.07) is 8.84. The van der Waals surface area contributed by atoms with Gasteiger partial charge in [0.05, 0.1) is 5.69 Å². The molecule has 0 saturated heterocycles. The first-order valence-electron chi connectivity index (χ1n) is 6.48. The SMILES string of the molecule is CCCSCc1cc(=O)[nH]c(Nc2cccc(N)c2)n1. The average molecular weight is 290 g/mol. The number of rotatable bonds is 6. The van der Waals surface area contributed by atoms with Crippen LogP contribution in [-0.4, -0.2) is 15.7 Å². The fraction of sp³-hybridized carbons (Fsp3) is 0.286. The van der Waals surface area contributed by atoms with Gasteiger partial charge in [-0.1, -0.05) is 13.0 Å². The molecule has 4 N–H and O–H groups in total. The van der Waals surface area contributed by atoms with Crippen molar-refractivity contribution in [2.24, 2.45) is 0 Å². The minimum atomic E-state index is -0.154. The summed E-state index contributed by atoms with van der Waals surface area (Å²) in [4.78, 5) is 18.7. The Morgan fingerprint density at radius 2 is 2.25 bits per heavy atom. The summed E-state index contributed by atoms with van der Waals surface area (Å²) < 4.78 is 0. The summed E-state index contributed by atoms with van der Waals surface area (Å²) in [6.07, 6.45) is 1.11. The number of hydrogen-bond donors (Lipinski definition) is 3. The van der Waals surface area contributed by atoms with E-state index in [4.69, 9.17) is 5.73 Å². The van der Waals surface area contributed by atoms with Gasteiger partial charge in [-0.2, -0.15) is 11.8 Å². The van der Waals surface area contributed by atoms with Gasteiger partial charge in [0.25, 0.3) is 5.56 Å². The molecule has 2 aromatic rings. The first-order chi connectivity index (χ1) is 9.67. The topological polar surface area (TPSA) is 83.8 Å². The molecule has 1 aromatic heterocycles. The number of anilines is 3. The lowest BCUT2D eigenvalue weighted by molar-refractivity contribution is 1.05. The molecule has 0 aliphatic carbocycles. The third-order valence-electron chi connectivity index (χ3n) is 2.54. The Labute approximate surface area is 122 Å². The molecule has 0 unspecified atom stereocenters. The molecule has 2 rings (SSSR count). The first-order valence-corrected chi connectivity index (χ1v) is 7.63. The van der Waals surface area contributed by atoms with E-state index in [2.05, 4.69) is 22.2 Å². The number of nitrogens with one attached hydrogen (secondary N) is 2. The maximum absolute atomic E-state index is 11.6. The number of thioether (sulfide) groups is 1. The zero-order valence-electron chi connectivity index (χ0n) is 11.3. The van der Waals surface area contributed by atoms with Crippen molar-refractivity contribution in [1.29, 1.82) is 0 Å². The Kier molecular flexibility index (Phi) is 5.06. The Balaban J connectivity index is 2.13. The van der Waals surface area contributed by atoms with Crippen molar-refractivity contribution in [3.63, 3.8) is 0 Å². The molecule has 106 valence electrons. The van der Waals surface area contributed by atoms with Gasteiger partial charge in [0, 0.05) is 23.2 Å². The highest BCUT2D eigenvalue weighted by Gasteiger charge is 2.02.